The Morgan fingerprint density at radius 1 is 1.24 bits per heavy atom. The van der Waals surface area contributed by atoms with Gasteiger partial charge in [-0.2, -0.15) is 0 Å². The van der Waals surface area contributed by atoms with Crippen LogP contribution in [0.2, 0.25) is 0 Å². The Hall–Kier alpha value is -2.70. The van der Waals surface area contributed by atoms with Crippen molar-refractivity contribution in [3.05, 3.63) is 36.9 Å². The van der Waals surface area contributed by atoms with Gasteiger partial charge in [-0.3, -0.25) is 4.79 Å². The second-order valence-corrected chi connectivity index (χ2v) is 4.71. The Labute approximate surface area is 122 Å². The Bertz CT molecular complexity index is 617. The van der Waals surface area contributed by atoms with Crippen LogP contribution >= 0.6 is 0 Å². The number of benzene rings is 1. The lowest BCUT2D eigenvalue weighted by Crippen LogP contribution is -2.28. The molecule has 1 saturated heterocycles. The minimum Gasteiger partial charge on any atom is -0.497 e. The second kappa shape index (κ2) is 5.74. The molecule has 1 aromatic carbocycles. The van der Waals surface area contributed by atoms with Gasteiger partial charge in [0.25, 0.3) is 0 Å². The summed E-state index contributed by atoms with van der Waals surface area (Å²) in [4.78, 5) is 25.7. The molecule has 1 unspecified atom stereocenters. The lowest BCUT2D eigenvalue weighted by atomic mass is 10.2. The van der Waals surface area contributed by atoms with Crippen LogP contribution in [0, 0.1) is 0 Å². The average Bonchev–Trinajstić information content (AvgIpc) is 2.89. The standard InChI is InChI=1S/C14H15N5O2/c1-21-12-4-2-11(3-5-12)19-7-10(6-13(19)20)18-14-16-8-15-9-17-14/h2-5,8-10H,6-7H2,1H3,(H,15,16,17,18). The smallest absolute Gasteiger partial charge is 0.229 e. The predicted octanol–water partition coefficient (Wildman–Crippen LogP) is 1.10. The van der Waals surface area contributed by atoms with Gasteiger partial charge in [0.05, 0.1) is 13.2 Å². The number of nitrogens with zero attached hydrogens (tertiary/aromatic N) is 4. The summed E-state index contributed by atoms with van der Waals surface area (Å²) < 4.78 is 5.12. The lowest BCUT2D eigenvalue weighted by molar-refractivity contribution is -0.117. The van der Waals surface area contributed by atoms with Crippen molar-refractivity contribution >= 4 is 17.5 Å². The summed E-state index contributed by atoms with van der Waals surface area (Å²) in [6, 6.07) is 7.43. The molecule has 0 spiro atoms. The SMILES string of the molecule is COc1ccc(N2CC(Nc3ncncn3)CC2=O)cc1. The number of amides is 1. The molecule has 2 aromatic rings. The fourth-order valence-electron chi connectivity index (χ4n) is 2.31. The summed E-state index contributed by atoms with van der Waals surface area (Å²) in [5.74, 6) is 1.33. The Kier molecular flexibility index (Phi) is 3.63. The molecule has 1 aromatic heterocycles. The number of hydrogen-bond acceptors (Lipinski definition) is 6. The van der Waals surface area contributed by atoms with Crippen molar-refractivity contribution < 1.29 is 9.53 Å². The normalized spacial score (nSPS) is 17.9. The van der Waals surface area contributed by atoms with Gasteiger partial charge in [-0.05, 0) is 24.3 Å². The lowest BCUT2D eigenvalue weighted by Gasteiger charge is -2.17. The number of methoxy groups -OCH3 is 1. The molecule has 1 atom stereocenters. The molecule has 7 heteroatoms. The van der Waals surface area contributed by atoms with Gasteiger partial charge in [0, 0.05) is 18.7 Å². The van der Waals surface area contributed by atoms with E-state index in [0.717, 1.165) is 11.4 Å². The Balaban J connectivity index is 1.69. The van der Waals surface area contributed by atoms with Gasteiger partial charge in [0.2, 0.25) is 11.9 Å². The molecule has 108 valence electrons. The summed E-state index contributed by atoms with van der Waals surface area (Å²) in [7, 11) is 1.62. The van der Waals surface area contributed by atoms with Gasteiger partial charge in [-0.15, -0.1) is 0 Å². The summed E-state index contributed by atoms with van der Waals surface area (Å²) in [5.41, 5.74) is 0.862. The van der Waals surface area contributed by atoms with Crippen molar-refractivity contribution in [3.8, 4) is 5.75 Å². The largest absolute Gasteiger partial charge is 0.497 e. The number of aromatic nitrogens is 3. The highest BCUT2D eigenvalue weighted by atomic mass is 16.5. The molecule has 7 nitrogen and oxygen atoms in total. The molecule has 0 saturated carbocycles. The summed E-state index contributed by atoms with van der Waals surface area (Å²) in [5, 5.41) is 3.14. The minimum absolute atomic E-state index is 0.0120. The zero-order valence-electron chi connectivity index (χ0n) is 11.6. The first-order valence-corrected chi connectivity index (χ1v) is 6.59. The van der Waals surface area contributed by atoms with Gasteiger partial charge in [0.1, 0.15) is 18.4 Å². The van der Waals surface area contributed by atoms with Crippen LogP contribution in [0.4, 0.5) is 11.6 Å². The molecule has 1 N–H and O–H groups in total. The quantitative estimate of drug-likeness (QED) is 0.906. The maximum atomic E-state index is 12.1. The van der Waals surface area contributed by atoms with E-state index in [1.807, 2.05) is 24.3 Å². The fraction of sp³-hybridized carbons (Fsp3) is 0.286. The molecule has 2 heterocycles. The van der Waals surface area contributed by atoms with Crippen molar-refractivity contribution in [2.45, 2.75) is 12.5 Å². The third-order valence-corrected chi connectivity index (χ3v) is 3.34. The van der Waals surface area contributed by atoms with Crippen molar-refractivity contribution in [1.29, 1.82) is 0 Å². The molecule has 0 radical (unpaired) electrons. The highest BCUT2D eigenvalue weighted by Gasteiger charge is 2.30. The van der Waals surface area contributed by atoms with Crippen LogP contribution in [0.15, 0.2) is 36.9 Å². The first-order chi connectivity index (χ1) is 10.3. The van der Waals surface area contributed by atoms with Crippen LogP contribution in [-0.4, -0.2) is 40.6 Å². The van der Waals surface area contributed by atoms with Crippen molar-refractivity contribution in [2.24, 2.45) is 0 Å². The Morgan fingerprint density at radius 3 is 2.62 bits per heavy atom. The minimum atomic E-state index is -0.0120. The van der Waals surface area contributed by atoms with Crippen LogP contribution in [0.3, 0.4) is 0 Å². The van der Waals surface area contributed by atoms with Crippen molar-refractivity contribution in [2.75, 3.05) is 23.9 Å². The van der Waals surface area contributed by atoms with Gasteiger partial charge >= 0.3 is 0 Å². The van der Waals surface area contributed by atoms with E-state index in [9.17, 15) is 4.79 Å². The number of rotatable bonds is 4. The van der Waals surface area contributed by atoms with Gasteiger partial charge in [-0.1, -0.05) is 0 Å². The number of carbonyl (C=O) groups excluding carboxylic acids is 1. The number of carbonyl (C=O) groups is 1. The van der Waals surface area contributed by atoms with E-state index in [2.05, 4.69) is 20.3 Å². The first kappa shape index (κ1) is 13.3. The monoisotopic (exact) mass is 285 g/mol. The highest BCUT2D eigenvalue weighted by molar-refractivity contribution is 5.96. The van der Waals surface area contributed by atoms with Crippen LogP contribution < -0.4 is 15.0 Å². The maximum absolute atomic E-state index is 12.1. The topological polar surface area (TPSA) is 80.2 Å². The fourth-order valence-corrected chi connectivity index (χ4v) is 2.31. The summed E-state index contributed by atoms with van der Waals surface area (Å²) in [6.07, 6.45) is 3.26. The van der Waals surface area contributed by atoms with E-state index in [-0.39, 0.29) is 11.9 Å². The molecular weight excluding hydrogens is 270 g/mol. The first-order valence-electron chi connectivity index (χ1n) is 6.59. The van der Waals surface area contributed by atoms with E-state index in [0.29, 0.717) is 18.9 Å². The molecular formula is C14H15N5O2. The second-order valence-electron chi connectivity index (χ2n) is 4.71. The molecule has 1 fully saturated rings. The molecule has 21 heavy (non-hydrogen) atoms. The maximum Gasteiger partial charge on any atom is 0.229 e. The Morgan fingerprint density at radius 2 is 1.95 bits per heavy atom. The highest BCUT2D eigenvalue weighted by Crippen LogP contribution is 2.24. The zero-order valence-corrected chi connectivity index (χ0v) is 11.6. The molecule has 1 aliphatic rings. The van der Waals surface area contributed by atoms with Crippen LogP contribution in [0.1, 0.15) is 6.42 Å². The van der Waals surface area contributed by atoms with E-state index >= 15 is 0 Å². The van der Waals surface area contributed by atoms with Crippen molar-refractivity contribution in [1.82, 2.24) is 15.0 Å². The predicted molar refractivity (Wildman–Crippen MR) is 77.2 cm³/mol. The molecule has 0 bridgehead atoms. The van der Waals surface area contributed by atoms with Crippen LogP contribution in [0.25, 0.3) is 0 Å². The van der Waals surface area contributed by atoms with E-state index < -0.39 is 0 Å². The van der Waals surface area contributed by atoms with E-state index in [1.54, 1.807) is 12.0 Å². The number of nitrogens with one attached hydrogen (secondary N) is 1. The molecule has 0 aliphatic carbocycles. The molecule has 1 amide bonds. The van der Waals surface area contributed by atoms with Crippen molar-refractivity contribution in [3.63, 3.8) is 0 Å². The molecule has 1 aliphatic heterocycles. The van der Waals surface area contributed by atoms with Crippen LogP contribution in [-0.2, 0) is 4.79 Å². The number of anilines is 2. The number of hydrogen-bond donors (Lipinski definition) is 1. The third-order valence-electron chi connectivity index (χ3n) is 3.34. The average molecular weight is 285 g/mol. The van der Waals surface area contributed by atoms with E-state index in [4.69, 9.17) is 4.74 Å². The van der Waals surface area contributed by atoms with Gasteiger partial charge in [-0.25, -0.2) is 15.0 Å². The summed E-state index contributed by atoms with van der Waals surface area (Å²) >= 11 is 0. The molecule has 3 rings (SSSR count). The zero-order chi connectivity index (χ0) is 14.7. The van der Waals surface area contributed by atoms with Crippen LogP contribution in [0.5, 0.6) is 5.75 Å². The third kappa shape index (κ3) is 2.91. The van der Waals surface area contributed by atoms with E-state index in [1.165, 1.54) is 12.7 Å². The summed E-state index contributed by atoms with van der Waals surface area (Å²) in [6.45, 7) is 0.580. The van der Waals surface area contributed by atoms with Gasteiger partial charge in [0.15, 0.2) is 0 Å². The van der Waals surface area contributed by atoms with Gasteiger partial charge < -0.3 is 15.0 Å². The number of ether oxygens (including phenoxy) is 1.